The Balaban J connectivity index is 2.14. The van der Waals surface area contributed by atoms with Crippen LogP contribution in [0, 0.1) is 5.92 Å². The Morgan fingerprint density at radius 3 is 2.28 bits per heavy atom. The number of benzene rings is 1. The van der Waals surface area contributed by atoms with Crippen molar-refractivity contribution < 1.29 is 4.74 Å². The molecule has 2 rings (SSSR count). The van der Waals surface area contributed by atoms with Gasteiger partial charge in [-0.15, -0.1) is 0 Å². The molecule has 0 saturated carbocycles. The van der Waals surface area contributed by atoms with E-state index in [9.17, 15) is 0 Å². The third kappa shape index (κ3) is 3.10. The highest BCUT2D eigenvalue weighted by Gasteiger charge is 2.29. The molecular formula is C15H24N2O. The van der Waals surface area contributed by atoms with Crippen molar-refractivity contribution in [3.63, 3.8) is 0 Å². The zero-order chi connectivity index (χ0) is 13.0. The van der Waals surface area contributed by atoms with Crippen molar-refractivity contribution in [1.82, 2.24) is 4.90 Å². The Labute approximate surface area is 110 Å². The molecule has 1 fully saturated rings. The summed E-state index contributed by atoms with van der Waals surface area (Å²) in [6.07, 6.45) is 0. The van der Waals surface area contributed by atoms with Crippen LogP contribution in [0.2, 0.25) is 0 Å². The van der Waals surface area contributed by atoms with Gasteiger partial charge in [0.25, 0.3) is 0 Å². The standard InChI is InChI=1S/C15H24N2O/c1-12(2)15(17-8-10-18-11-9-17)14(16)13-6-4-3-5-7-13/h3-7,12,14-15H,8-11,16H2,1-2H3. The fourth-order valence-corrected chi connectivity index (χ4v) is 2.81. The highest BCUT2D eigenvalue weighted by molar-refractivity contribution is 5.20. The van der Waals surface area contributed by atoms with Gasteiger partial charge in [-0.2, -0.15) is 0 Å². The van der Waals surface area contributed by atoms with Crippen LogP contribution in [-0.2, 0) is 4.74 Å². The first kappa shape index (κ1) is 13.5. The lowest BCUT2D eigenvalue weighted by Crippen LogP contribution is -2.50. The normalized spacial score (nSPS) is 20.9. The Bertz CT molecular complexity index is 347. The van der Waals surface area contributed by atoms with E-state index >= 15 is 0 Å². The maximum Gasteiger partial charge on any atom is 0.0594 e. The zero-order valence-electron chi connectivity index (χ0n) is 11.4. The fourth-order valence-electron chi connectivity index (χ4n) is 2.81. The molecular weight excluding hydrogens is 224 g/mol. The lowest BCUT2D eigenvalue weighted by molar-refractivity contribution is -0.000568. The van der Waals surface area contributed by atoms with Gasteiger partial charge in [0.05, 0.1) is 13.2 Å². The van der Waals surface area contributed by atoms with Crippen molar-refractivity contribution in [2.45, 2.75) is 25.9 Å². The third-order valence-electron chi connectivity index (χ3n) is 3.70. The van der Waals surface area contributed by atoms with E-state index in [0.717, 1.165) is 26.3 Å². The quantitative estimate of drug-likeness (QED) is 0.886. The van der Waals surface area contributed by atoms with Crippen molar-refractivity contribution in [3.05, 3.63) is 35.9 Å². The molecule has 0 bridgehead atoms. The minimum atomic E-state index is 0.0734. The molecule has 1 saturated heterocycles. The number of nitrogens with zero attached hydrogens (tertiary/aromatic N) is 1. The predicted octanol–water partition coefficient (Wildman–Crippen LogP) is 2.04. The minimum Gasteiger partial charge on any atom is -0.379 e. The molecule has 1 heterocycles. The molecule has 0 amide bonds. The van der Waals surface area contributed by atoms with Crippen LogP contribution in [0.25, 0.3) is 0 Å². The monoisotopic (exact) mass is 248 g/mol. The van der Waals surface area contributed by atoms with E-state index in [0.29, 0.717) is 12.0 Å². The van der Waals surface area contributed by atoms with E-state index in [1.54, 1.807) is 0 Å². The van der Waals surface area contributed by atoms with Crippen molar-refractivity contribution in [3.8, 4) is 0 Å². The van der Waals surface area contributed by atoms with Gasteiger partial charge in [0.15, 0.2) is 0 Å². The van der Waals surface area contributed by atoms with Crippen molar-refractivity contribution in [2.75, 3.05) is 26.3 Å². The second-order valence-corrected chi connectivity index (χ2v) is 5.32. The van der Waals surface area contributed by atoms with Gasteiger partial charge in [-0.25, -0.2) is 0 Å². The summed E-state index contributed by atoms with van der Waals surface area (Å²) >= 11 is 0. The topological polar surface area (TPSA) is 38.5 Å². The number of ether oxygens (including phenoxy) is 1. The van der Waals surface area contributed by atoms with E-state index < -0.39 is 0 Å². The van der Waals surface area contributed by atoms with Crippen LogP contribution in [-0.4, -0.2) is 37.2 Å². The van der Waals surface area contributed by atoms with E-state index in [-0.39, 0.29) is 6.04 Å². The highest BCUT2D eigenvalue weighted by atomic mass is 16.5. The highest BCUT2D eigenvalue weighted by Crippen LogP contribution is 2.25. The molecule has 3 heteroatoms. The molecule has 2 atom stereocenters. The average molecular weight is 248 g/mol. The second-order valence-electron chi connectivity index (χ2n) is 5.32. The summed E-state index contributed by atoms with van der Waals surface area (Å²) in [5.74, 6) is 0.540. The maximum atomic E-state index is 6.49. The van der Waals surface area contributed by atoms with Crippen LogP contribution in [0.5, 0.6) is 0 Å². The summed E-state index contributed by atoms with van der Waals surface area (Å²) in [4.78, 5) is 2.48. The summed E-state index contributed by atoms with van der Waals surface area (Å²) in [7, 11) is 0. The fraction of sp³-hybridized carbons (Fsp3) is 0.600. The first-order chi connectivity index (χ1) is 8.70. The Morgan fingerprint density at radius 1 is 1.11 bits per heavy atom. The van der Waals surface area contributed by atoms with Crippen LogP contribution in [0.15, 0.2) is 30.3 Å². The number of hydrogen-bond acceptors (Lipinski definition) is 3. The van der Waals surface area contributed by atoms with Gasteiger partial charge in [-0.3, -0.25) is 4.90 Å². The number of morpholine rings is 1. The molecule has 0 radical (unpaired) electrons. The van der Waals surface area contributed by atoms with Gasteiger partial charge in [-0.05, 0) is 11.5 Å². The van der Waals surface area contributed by atoms with Gasteiger partial charge in [0.1, 0.15) is 0 Å². The molecule has 18 heavy (non-hydrogen) atoms. The first-order valence-corrected chi connectivity index (χ1v) is 6.82. The molecule has 0 aromatic heterocycles. The molecule has 2 N–H and O–H groups in total. The van der Waals surface area contributed by atoms with Gasteiger partial charge >= 0.3 is 0 Å². The smallest absolute Gasteiger partial charge is 0.0594 e. The maximum absolute atomic E-state index is 6.49. The summed E-state index contributed by atoms with van der Waals surface area (Å²) < 4.78 is 5.43. The van der Waals surface area contributed by atoms with Gasteiger partial charge in [-0.1, -0.05) is 44.2 Å². The first-order valence-electron chi connectivity index (χ1n) is 6.82. The summed E-state index contributed by atoms with van der Waals surface area (Å²) in [6, 6.07) is 10.9. The van der Waals surface area contributed by atoms with E-state index in [1.165, 1.54) is 5.56 Å². The van der Waals surface area contributed by atoms with E-state index in [2.05, 4.69) is 43.0 Å². The zero-order valence-corrected chi connectivity index (χ0v) is 11.4. The SMILES string of the molecule is CC(C)C(C(N)c1ccccc1)N1CCOCC1. The van der Waals surface area contributed by atoms with E-state index in [1.807, 2.05) is 6.07 Å². The molecule has 0 aliphatic carbocycles. The molecule has 1 aliphatic heterocycles. The molecule has 3 nitrogen and oxygen atoms in total. The van der Waals surface area contributed by atoms with Gasteiger partial charge in [0.2, 0.25) is 0 Å². The van der Waals surface area contributed by atoms with Crippen LogP contribution < -0.4 is 5.73 Å². The summed E-state index contributed by atoms with van der Waals surface area (Å²) in [5.41, 5.74) is 7.71. The lowest BCUT2D eigenvalue weighted by Gasteiger charge is -2.40. The lowest BCUT2D eigenvalue weighted by atomic mass is 9.90. The van der Waals surface area contributed by atoms with Crippen molar-refractivity contribution in [1.29, 1.82) is 0 Å². The third-order valence-corrected chi connectivity index (χ3v) is 3.70. The molecule has 1 aromatic rings. The Kier molecular flexibility index (Phi) is 4.75. The van der Waals surface area contributed by atoms with Crippen LogP contribution >= 0.6 is 0 Å². The van der Waals surface area contributed by atoms with Gasteiger partial charge in [0, 0.05) is 25.2 Å². The Hall–Kier alpha value is -0.900. The Morgan fingerprint density at radius 2 is 1.72 bits per heavy atom. The summed E-state index contributed by atoms with van der Waals surface area (Å²) in [6.45, 7) is 8.13. The summed E-state index contributed by atoms with van der Waals surface area (Å²) in [5, 5.41) is 0. The van der Waals surface area contributed by atoms with Crippen molar-refractivity contribution in [2.24, 2.45) is 11.7 Å². The number of nitrogens with two attached hydrogens (primary N) is 1. The minimum absolute atomic E-state index is 0.0734. The molecule has 2 unspecified atom stereocenters. The molecule has 1 aliphatic rings. The van der Waals surface area contributed by atoms with Crippen LogP contribution in [0.4, 0.5) is 0 Å². The second kappa shape index (κ2) is 6.32. The average Bonchev–Trinajstić information content (AvgIpc) is 2.40. The van der Waals surface area contributed by atoms with Crippen LogP contribution in [0.1, 0.15) is 25.5 Å². The largest absolute Gasteiger partial charge is 0.379 e. The van der Waals surface area contributed by atoms with E-state index in [4.69, 9.17) is 10.5 Å². The molecule has 100 valence electrons. The van der Waals surface area contributed by atoms with Crippen molar-refractivity contribution >= 4 is 0 Å². The molecule has 1 aromatic carbocycles. The predicted molar refractivity (Wildman–Crippen MR) is 74.4 cm³/mol. The number of hydrogen-bond donors (Lipinski definition) is 1. The van der Waals surface area contributed by atoms with Crippen LogP contribution in [0.3, 0.4) is 0 Å². The number of rotatable bonds is 4. The molecule has 0 spiro atoms. The van der Waals surface area contributed by atoms with Gasteiger partial charge < -0.3 is 10.5 Å².